The Balaban J connectivity index is 2.38. The fourth-order valence-corrected chi connectivity index (χ4v) is 2.11. The van der Waals surface area contributed by atoms with Crippen LogP contribution in [0.5, 0.6) is 0 Å². The summed E-state index contributed by atoms with van der Waals surface area (Å²) in [6.45, 7) is 10.2. The molecule has 0 bridgehead atoms. The standard InChI is InChI=1S/C10H22N2O/c1-3-10-9-11(7-8-13)5-6-12(10)4-2/h10,13H,3-9H2,1-2H3. The molecule has 78 valence electrons. The van der Waals surface area contributed by atoms with Crippen molar-refractivity contribution in [2.75, 3.05) is 39.3 Å². The van der Waals surface area contributed by atoms with Gasteiger partial charge >= 0.3 is 0 Å². The smallest absolute Gasteiger partial charge is 0.0558 e. The highest BCUT2D eigenvalue weighted by atomic mass is 16.3. The average Bonchev–Trinajstić information content (AvgIpc) is 2.18. The average molecular weight is 186 g/mol. The molecule has 0 radical (unpaired) electrons. The van der Waals surface area contributed by atoms with Crippen LogP contribution in [0.1, 0.15) is 20.3 Å². The fourth-order valence-electron chi connectivity index (χ4n) is 2.11. The van der Waals surface area contributed by atoms with Gasteiger partial charge in [-0.2, -0.15) is 0 Å². The minimum absolute atomic E-state index is 0.294. The van der Waals surface area contributed by atoms with E-state index < -0.39 is 0 Å². The van der Waals surface area contributed by atoms with Crippen molar-refractivity contribution >= 4 is 0 Å². The van der Waals surface area contributed by atoms with Crippen molar-refractivity contribution in [3.63, 3.8) is 0 Å². The van der Waals surface area contributed by atoms with E-state index in [2.05, 4.69) is 23.6 Å². The predicted octanol–water partition coefficient (Wildman–Crippen LogP) is 0.395. The first-order valence-corrected chi connectivity index (χ1v) is 5.39. The van der Waals surface area contributed by atoms with E-state index in [-0.39, 0.29) is 0 Å². The molecule has 1 saturated heterocycles. The summed E-state index contributed by atoms with van der Waals surface area (Å²) in [6, 6.07) is 0.699. The molecular weight excluding hydrogens is 164 g/mol. The van der Waals surface area contributed by atoms with Gasteiger partial charge in [0.05, 0.1) is 6.61 Å². The zero-order valence-electron chi connectivity index (χ0n) is 8.87. The van der Waals surface area contributed by atoms with Gasteiger partial charge in [0.1, 0.15) is 0 Å². The summed E-state index contributed by atoms with van der Waals surface area (Å²) < 4.78 is 0. The summed E-state index contributed by atoms with van der Waals surface area (Å²) >= 11 is 0. The van der Waals surface area contributed by atoms with Gasteiger partial charge in [0.25, 0.3) is 0 Å². The van der Waals surface area contributed by atoms with Crippen LogP contribution >= 0.6 is 0 Å². The molecule has 0 aromatic carbocycles. The van der Waals surface area contributed by atoms with Crippen LogP contribution in [0.2, 0.25) is 0 Å². The normalized spacial score (nSPS) is 26.5. The Labute approximate surface area is 81.3 Å². The Bertz CT molecular complexity index is 141. The van der Waals surface area contributed by atoms with Crippen molar-refractivity contribution < 1.29 is 5.11 Å². The second-order valence-corrected chi connectivity index (χ2v) is 3.71. The number of piperazine rings is 1. The first-order valence-electron chi connectivity index (χ1n) is 5.39. The molecule has 0 aliphatic carbocycles. The first-order chi connectivity index (χ1) is 6.31. The van der Waals surface area contributed by atoms with Crippen molar-refractivity contribution in [1.82, 2.24) is 9.80 Å². The van der Waals surface area contributed by atoms with Crippen molar-refractivity contribution in [3.05, 3.63) is 0 Å². The Morgan fingerprint density at radius 3 is 2.62 bits per heavy atom. The highest BCUT2D eigenvalue weighted by Crippen LogP contribution is 2.11. The minimum atomic E-state index is 0.294. The molecule has 1 unspecified atom stereocenters. The predicted molar refractivity (Wildman–Crippen MR) is 54.9 cm³/mol. The number of aliphatic hydroxyl groups is 1. The van der Waals surface area contributed by atoms with Gasteiger partial charge in [-0.15, -0.1) is 0 Å². The van der Waals surface area contributed by atoms with Crippen LogP contribution in [0.4, 0.5) is 0 Å². The molecular formula is C10H22N2O. The molecule has 1 rings (SSSR count). The van der Waals surface area contributed by atoms with Gasteiger partial charge in [-0.25, -0.2) is 0 Å². The molecule has 1 aliphatic heterocycles. The Morgan fingerprint density at radius 2 is 2.08 bits per heavy atom. The maximum absolute atomic E-state index is 8.85. The molecule has 0 spiro atoms. The van der Waals surface area contributed by atoms with Gasteiger partial charge in [0, 0.05) is 32.2 Å². The number of hydrogen-bond acceptors (Lipinski definition) is 3. The van der Waals surface area contributed by atoms with Crippen LogP contribution in [0, 0.1) is 0 Å². The van der Waals surface area contributed by atoms with Gasteiger partial charge in [-0.05, 0) is 13.0 Å². The second kappa shape index (κ2) is 5.58. The van der Waals surface area contributed by atoms with Gasteiger partial charge in [-0.3, -0.25) is 9.80 Å². The molecule has 0 amide bonds. The summed E-state index contributed by atoms with van der Waals surface area (Å²) in [4.78, 5) is 4.90. The van der Waals surface area contributed by atoms with Crippen molar-refractivity contribution in [1.29, 1.82) is 0 Å². The van der Waals surface area contributed by atoms with Gasteiger partial charge in [0.15, 0.2) is 0 Å². The Hall–Kier alpha value is -0.120. The third kappa shape index (κ3) is 2.93. The number of rotatable bonds is 4. The van der Waals surface area contributed by atoms with Crippen molar-refractivity contribution in [2.45, 2.75) is 26.3 Å². The highest BCUT2D eigenvalue weighted by molar-refractivity contribution is 4.80. The Kier molecular flexibility index (Phi) is 4.70. The molecule has 0 aromatic rings. The molecule has 13 heavy (non-hydrogen) atoms. The van der Waals surface area contributed by atoms with Crippen LogP contribution in [-0.2, 0) is 0 Å². The number of likely N-dealkylation sites (N-methyl/N-ethyl adjacent to an activating group) is 1. The quantitative estimate of drug-likeness (QED) is 0.688. The van der Waals surface area contributed by atoms with Gasteiger partial charge in [0.2, 0.25) is 0 Å². The number of hydrogen-bond donors (Lipinski definition) is 1. The monoisotopic (exact) mass is 186 g/mol. The van der Waals surface area contributed by atoms with Crippen LogP contribution in [-0.4, -0.2) is 60.3 Å². The molecule has 1 aliphatic rings. The van der Waals surface area contributed by atoms with Crippen LogP contribution in [0.25, 0.3) is 0 Å². The lowest BCUT2D eigenvalue weighted by Gasteiger charge is -2.40. The number of nitrogens with zero attached hydrogens (tertiary/aromatic N) is 2. The maximum atomic E-state index is 8.85. The molecule has 1 atom stereocenters. The van der Waals surface area contributed by atoms with Gasteiger partial charge in [-0.1, -0.05) is 13.8 Å². The third-order valence-corrected chi connectivity index (χ3v) is 2.98. The van der Waals surface area contributed by atoms with E-state index in [1.807, 2.05) is 0 Å². The van der Waals surface area contributed by atoms with E-state index in [1.54, 1.807) is 0 Å². The SMILES string of the molecule is CCC1CN(CCO)CCN1CC. The molecule has 0 aromatic heterocycles. The first kappa shape index (κ1) is 11.0. The molecule has 0 saturated carbocycles. The molecule has 3 nitrogen and oxygen atoms in total. The van der Waals surface area contributed by atoms with Crippen LogP contribution < -0.4 is 0 Å². The summed E-state index contributed by atoms with van der Waals surface area (Å²) in [5, 5.41) is 8.85. The number of β-amino-alcohol motifs (C(OH)–C–C–N with tert-alkyl or cyclic N) is 1. The zero-order chi connectivity index (χ0) is 9.68. The van der Waals surface area contributed by atoms with E-state index in [0.717, 1.165) is 32.7 Å². The van der Waals surface area contributed by atoms with E-state index in [4.69, 9.17) is 5.11 Å². The van der Waals surface area contributed by atoms with E-state index in [0.29, 0.717) is 12.6 Å². The summed E-state index contributed by atoms with van der Waals surface area (Å²) in [6.07, 6.45) is 1.22. The van der Waals surface area contributed by atoms with E-state index in [1.165, 1.54) is 6.42 Å². The highest BCUT2D eigenvalue weighted by Gasteiger charge is 2.23. The van der Waals surface area contributed by atoms with Crippen LogP contribution in [0.3, 0.4) is 0 Å². The molecule has 3 heteroatoms. The Morgan fingerprint density at radius 1 is 1.31 bits per heavy atom. The van der Waals surface area contributed by atoms with Crippen molar-refractivity contribution in [2.24, 2.45) is 0 Å². The second-order valence-electron chi connectivity index (χ2n) is 3.71. The van der Waals surface area contributed by atoms with E-state index >= 15 is 0 Å². The minimum Gasteiger partial charge on any atom is -0.395 e. The van der Waals surface area contributed by atoms with Crippen molar-refractivity contribution in [3.8, 4) is 0 Å². The fraction of sp³-hybridized carbons (Fsp3) is 1.00. The van der Waals surface area contributed by atoms with E-state index in [9.17, 15) is 0 Å². The van der Waals surface area contributed by atoms with Gasteiger partial charge < -0.3 is 5.11 Å². The molecule has 1 heterocycles. The molecule has 1 fully saturated rings. The topological polar surface area (TPSA) is 26.7 Å². The summed E-state index contributed by atoms with van der Waals surface area (Å²) in [5.41, 5.74) is 0. The lowest BCUT2D eigenvalue weighted by atomic mass is 10.1. The lowest BCUT2D eigenvalue weighted by Crippen LogP contribution is -2.53. The molecule has 1 N–H and O–H groups in total. The summed E-state index contributed by atoms with van der Waals surface area (Å²) in [7, 11) is 0. The summed E-state index contributed by atoms with van der Waals surface area (Å²) in [5.74, 6) is 0. The third-order valence-electron chi connectivity index (χ3n) is 2.98. The zero-order valence-corrected chi connectivity index (χ0v) is 8.87. The van der Waals surface area contributed by atoms with Crippen LogP contribution in [0.15, 0.2) is 0 Å². The largest absolute Gasteiger partial charge is 0.395 e. The number of aliphatic hydroxyl groups excluding tert-OH is 1. The maximum Gasteiger partial charge on any atom is 0.0558 e. The lowest BCUT2D eigenvalue weighted by molar-refractivity contribution is 0.0653.